The first-order valence-electron chi connectivity index (χ1n) is 10.3. The average molecular weight is 436 g/mol. The fourth-order valence-corrected chi connectivity index (χ4v) is 3.46. The van der Waals surface area contributed by atoms with Crippen LogP contribution in [0.4, 0.5) is 5.69 Å². The first-order chi connectivity index (χ1) is 14.7. The van der Waals surface area contributed by atoms with Gasteiger partial charge in [0.25, 0.3) is 0 Å². The molecule has 0 saturated carbocycles. The molecule has 2 aromatic carbocycles. The molecule has 31 heavy (non-hydrogen) atoms. The topological polar surface area (TPSA) is 41.5 Å². The summed E-state index contributed by atoms with van der Waals surface area (Å²) in [6.07, 6.45) is 7.73. The van der Waals surface area contributed by atoms with Gasteiger partial charge in [0.1, 0.15) is 12.7 Å². The van der Waals surface area contributed by atoms with Gasteiger partial charge in [0, 0.05) is 30.1 Å². The van der Waals surface area contributed by atoms with Gasteiger partial charge in [-0.15, -0.1) is 16.4 Å². The van der Waals surface area contributed by atoms with Crippen LogP contribution in [0.3, 0.4) is 0 Å². The molecule has 0 aliphatic heterocycles. The molecule has 0 spiro atoms. The average Bonchev–Trinajstić information content (AvgIpc) is 3.14. The Balaban J connectivity index is 1.97. The largest absolute Gasteiger partial charge is 0.378 e. The van der Waals surface area contributed by atoms with Crippen molar-refractivity contribution in [2.75, 3.05) is 25.3 Å². The van der Waals surface area contributed by atoms with Crippen LogP contribution in [0.5, 0.6) is 0 Å². The molecule has 6 heteroatoms. The number of benzene rings is 2. The van der Waals surface area contributed by atoms with Gasteiger partial charge in [0.15, 0.2) is 12.0 Å². The third kappa shape index (κ3) is 5.64. The zero-order valence-electron chi connectivity index (χ0n) is 19.2. The molecule has 0 atom stereocenters. The number of imidazole rings is 1. The van der Waals surface area contributed by atoms with E-state index in [1.54, 1.807) is 11.8 Å². The van der Waals surface area contributed by atoms with E-state index in [0.29, 0.717) is 6.54 Å². The van der Waals surface area contributed by atoms with E-state index in [2.05, 4.69) is 47.6 Å². The maximum Gasteiger partial charge on any atom is 0.314 e. The van der Waals surface area contributed by atoms with E-state index in [-0.39, 0.29) is 5.78 Å². The fourth-order valence-electron chi connectivity index (χ4n) is 3.05. The normalized spacial score (nSPS) is 11.8. The Bertz CT molecular complexity index is 1060. The molecule has 0 bridgehead atoms. The molecule has 0 saturated heterocycles. The zero-order valence-corrected chi connectivity index (χ0v) is 20.0. The number of hydrogen-bond donors (Lipinski definition) is 0. The summed E-state index contributed by atoms with van der Waals surface area (Å²) in [7, 11) is 4.05. The van der Waals surface area contributed by atoms with E-state index in [0.717, 1.165) is 22.6 Å². The smallest absolute Gasteiger partial charge is 0.314 e. The number of anilines is 1. The van der Waals surface area contributed by atoms with Gasteiger partial charge in [-0.3, -0.25) is 4.79 Å². The first-order valence-corrected chi connectivity index (χ1v) is 11.5. The van der Waals surface area contributed by atoms with Crippen LogP contribution in [-0.4, -0.2) is 37.0 Å². The zero-order chi connectivity index (χ0) is 22.6. The number of carbonyl (C=O) groups is 1. The highest BCUT2D eigenvalue weighted by atomic mass is 32.2. The van der Waals surface area contributed by atoms with Gasteiger partial charge >= 0.3 is 5.82 Å². The number of aromatic nitrogens is 2. The lowest BCUT2D eigenvalue weighted by atomic mass is 9.91. The van der Waals surface area contributed by atoms with Crippen molar-refractivity contribution < 1.29 is 9.36 Å². The van der Waals surface area contributed by atoms with E-state index < -0.39 is 5.41 Å². The Morgan fingerprint density at radius 1 is 1.10 bits per heavy atom. The maximum absolute atomic E-state index is 12.7. The molecule has 3 aromatic rings. The standard InChI is InChI=1S/C25H31N4OS/c1-25(2,3)23(30)18-28-15-16-29(24(28)20-9-13-22(31-6)14-10-20)26-17-19-7-11-21(12-8-19)27(4)5/h7-17H,18H2,1-6H3/q+1. The summed E-state index contributed by atoms with van der Waals surface area (Å²) in [4.78, 5) is 16.0. The summed E-state index contributed by atoms with van der Waals surface area (Å²) < 4.78 is 3.82. The van der Waals surface area contributed by atoms with Gasteiger partial charge in [-0.2, -0.15) is 0 Å². The maximum atomic E-state index is 12.7. The van der Waals surface area contributed by atoms with Gasteiger partial charge in [-0.1, -0.05) is 38.0 Å². The van der Waals surface area contributed by atoms with Crippen molar-refractivity contribution >= 4 is 29.4 Å². The molecular formula is C25H31N4OS+. The molecule has 0 fully saturated rings. The minimum absolute atomic E-state index is 0.181. The number of thioether (sulfide) groups is 1. The number of hydrogen-bond acceptors (Lipinski definition) is 4. The molecule has 3 rings (SSSR count). The molecule has 0 amide bonds. The van der Waals surface area contributed by atoms with Crippen molar-refractivity contribution in [3.63, 3.8) is 0 Å². The highest BCUT2D eigenvalue weighted by Gasteiger charge is 2.27. The van der Waals surface area contributed by atoms with Crippen LogP contribution in [0.15, 0.2) is 70.9 Å². The van der Waals surface area contributed by atoms with Crippen LogP contribution in [-0.2, 0) is 11.3 Å². The van der Waals surface area contributed by atoms with Crippen LogP contribution in [0.2, 0.25) is 0 Å². The molecule has 162 valence electrons. The van der Waals surface area contributed by atoms with Gasteiger partial charge in [0.05, 0.1) is 11.8 Å². The van der Waals surface area contributed by atoms with Gasteiger partial charge in [0.2, 0.25) is 0 Å². The highest BCUT2D eigenvalue weighted by molar-refractivity contribution is 7.98. The summed E-state index contributed by atoms with van der Waals surface area (Å²) >= 11 is 1.71. The second-order valence-corrected chi connectivity index (χ2v) is 9.61. The van der Waals surface area contributed by atoms with E-state index in [4.69, 9.17) is 5.10 Å². The Kier molecular flexibility index (Phi) is 7.01. The summed E-state index contributed by atoms with van der Waals surface area (Å²) in [6.45, 7) is 6.17. The third-order valence-electron chi connectivity index (χ3n) is 5.12. The van der Waals surface area contributed by atoms with Crippen LogP contribution < -0.4 is 9.47 Å². The Labute approximate surface area is 189 Å². The quantitative estimate of drug-likeness (QED) is 0.306. The van der Waals surface area contributed by atoms with Crippen molar-refractivity contribution in [3.05, 3.63) is 66.5 Å². The number of nitrogens with zero attached hydrogens (tertiary/aromatic N) is 4. The molecule has 0 aliphatic rings. The van der Waals surface area contributed by atoms with E-state index in [1.165, 1.54) is 4.90 Å². The predicted molar refractivity (Wildman–Crippen MR) is 130 cm³/mol. The van der Waals surface area contributed by atoms with Gasteiger partial charge in [-0.25, -0.2) is 4.57 Å². The van der Waals surface area contributed by atoms with Crippen LogP contribution >= 0.6 is 11.8 Å². The number of rotatable bonds is 7. The number of Topliss-reactive ketones (excluding diaryl/α,β-unsaturated/α-hetero) is 1. The van der Waals surface area contributed by atoms with Gasteiger partial charge in [-0.05, 0) is 48.2 Å². The molecule has 0 unspecified atom stereocenters. The minimum Gasteiger partial charge on any atom is -0.378 e. The van der Waals surface area contributed by atoms with Crippen molar-refractivity contribution in [1.82, 2.24) is 4.68 Å². The Morgan fingerprint density at radius 3 is 2.29 bits per heavy atom. The van der Waals surface area contributed by atoms with Crippen molar-refractivity contribution in [3.8, 4) is 11.4 Å². The van der Waals surface area contributed by atoms with E-state index in [9.17, 15) is 4.79 Å². The second-order valence-electron chi connectivity index (χ2n) is 8.73. The molecule has 0 N–H and O–H groups in total. The lowest BCUT2D eigenvalue weighted by Gasteiger charge is -2.15. The molecule has 0 radical (unpaired) electrons. The van der Waals surface area contributed by atoms with Crippen LogP contribution in [0.1, 0.15) is 26.3 Å². The summed E-state index contributed by atoms with van der Waals surface area (Å²) in [5.41, 5.74) is 2.78. The van der Waals surface area contributed by atoms with Crippen LogP contribution in [0, 0.1) is 5.41 Å². The third-order valence-corrected chi connectivity index (χ3v) is 5.86. The van der Waals surface area contributed by atoms with Crippen molar-refractivity contribution in [2.24, 2.45) is 10.5 Å². The molecular weight excluding hydrogens is 404 g/mol. The lowest BCUT2D eigenvalue weighted by Crippen LogP contribution is -2.42. The Morgan fingerprint density at radius 2 is 1.74 bits per heavy atom. The van der Waals surface area contributed by atoms with E-state index in [1.807, 2.05) is 74.9 Å². The summed E-state index contributed by atoms with van der Waals surface area (Å²) in [5, 5.41) is 4.70. The lowest BCUT2D eigenvalue weighted by molar-refractivity contribution is -0.673. The van der Waals surface area contributed by atoms with E-state index >= 15 is 0 Å². The minimum atomic E-state index is -0.396. The van der Waals surface area contributed by atoms with Crippen LogP contribution in [0.25, 0.3) is 11.4 Å². The Hall–Kier alpha value is -2.86. The molecule has 5 nitrogen and oxygen atoms in total. The fraction of sp³-hybridized carbons (Fsp3) is 0.320. The highest BCUT2D eigenvalue weighted by Crippen LogP contribution is 2.22. The predicted octanol–water partition coefficient (Wildman–Crippen LogP) is 4.73. The molecule has 1 heterocycles. The molecule has 1 aromatic heterocycles. The summed E-state index contributed by atoms with van der Waals surface area (Å²) in [5.74, 6) is 1.06. The summed E-state index contributed by atoms with van der Waals surface area (Å²) in [6, 6.07) is 16.6. The van der Waals surface area contributed by atoms with Crippen molar-refractivity contribution in [1.29, 1.82) is 0 Å². The number of carbonyl (C=O) groups excluding carboxylic acids is 1. The number of ketones is 1. The monoisotopic (exact) mass is 435 g/mol. The SMILES string of the molecule is CSc1ccc(-c2n(N=Cc3ccc(N(C)C)cc3)cc[n+]2CC(=O)C(C)(C)C)cc1. The first kappa shape index (κ1) is 22.8. The second kappa shape index (κ2) is 9.52. The van der Waals surface area contributed by atoms with Gasteiger partial charge < -0.3 is 4.90 Å². The van der Waals surface area contributed by atoms with Crippen molar-refractivity contribution in [2.45, 2.75) is 32.2 Å². The molecule has 0 aliphatic carbocycles.